The van der Waals surface area contributed by atoms with Crippen LogP contribution in [-0.4, -0.2) is 37.2 Å². The van der Waals surface area contributed by atoms with Gasteiger partial charge in [0.05, 0.1) is 0 Å². The summed E-state index contributed by atoms with van der Waals surface area (Å²) in [7, 11) is 0. The summed E-state index contributed by atoms with van der Waals surface area (Å²) in [4.78, 5) is 38.1. The van der Waals surface area contributed by atoms with Crippen LogP contribution in [0.4, 0.5) is 0 Å². The Morgan fingerprint density at radius 3 is 0.785 bits per heavy atom. The van der Waals surface area contributed by atoms with Crippen LogP contribution >= 0.6 is 0 Å². The third kappa shape index (κ3) is 52.7. The average molecular weight is 916 g/mol. The molecule has 0 bridgehead atoms. The summed E-state index contributed by atoms with van der Waals surface area (Å²) in [6.45, 7) is 6.65. The van der Waals surface area contributed by atoms with E-state index in [2.05, 4.69) is 45.1 Å². The molecular formula is C59H110O6. The number of ether oxygens (including phenoxy) is 3. The van der Waals surface area contributed by atoms with Gasteiger partial charge >= 0.3 is 17.9 Å². The van der Waals surface area contributed by atoms with Crippen molar-refractivity contribution < 1.29 is 28.6 Å². The van der Waals surface area contributed by atoms with Crippen molar-refractivity contribution >= 4 is 17.9 Å². The van der Waals surface area contributed by atoms with Crippen molar-refractivity contribution in [3.63, 3.8) is 0 Å². The minimum absolute atomic E-state index is 0.0685. The lowest BCUT2D eigenvalue weighted by molar-refractivity contribution is -0.167. The lowest BCUT2D eigenvalue weighted by Gasteiger charge is -2.18. The first-order valence-electron chi connectivity index (χ1n) is 28.8. The molecule has 0 aromatic carbocycles. The topological polar surface area (TPSA) is 78.9 Å². The largest absolute Gasteiger partial charge is 0.462 e. The van der Waals surface area contributed by atoms with Crippen molar-refractivity contribution in [1.29, 1.82) is 0 Å². The highest BCUT2D eigenvalue weighted by atomic mass is 16.6. The normalized spacial score (nSPS) is 12.1. The van der Waals surface area contributed by atoms with Gasteiger partial charge in [0.15, 0.2) is 6.10 Å². The highest BCUT2D eigenvalue weighted by molar-refractivity contribution is 5.71. The third-order valence-corrected chi connectivity index (χ3v) is 12.9. The van der Waals surface area contributed by atoms with E-state index in [1.54, 1.807) is 0 Å². The molecule has 65 heavy (non-hydrogen) atoms. The molecule has 0 aliphatic carbocycles. The van der Waals surface area contributed by atoms with E-state index >= 15 is 0 Å². The van der Waals surface area contributed by atoms with E-state index in [9.17, 15) is 14.4 Å². The maximum Gasteiger partial charge on any atom is 0.306 e. The first kappa shape index (κ1) is 62.9. The molecule has 6 nitrogen and oxygen atoms in total. The second-order valence-corrected chi connectivity index (χ2v) is 19.6. The van der Waals surface area contributed by atoms with E-state index in [1.165, 1.54) is 218 Å². The van der Waals surface area contributed by atoms with Gasteiger partial charge in [-0.25, -0.2) is 0 Å². The van der Waals surface area contributed by atoms with Gasteiger partial charge in [-0.3, -0.25) is 14.4 Å². The Labute approximate surface area is 404 Å². The van der Waals surface area contributed by atoms with Crippen molar-refractivity contribution in [3.05, 3.63) is 24.3 Å². The van der Waals surface area contributed by atoms with Crippen LogP contribution in [0.5, 0.6) is 0 Å². The van der Waals surface area contributed by atoms with E-state index in [4.69, 9.17) is 14.2 Å². The SMILES string of the molecule is CCCCCC/C=C\CCCCCCCCCC(=O)OC[C@H](COC(=O)CCCCCCCCCCCCC)OC(=O)CCCCCCCCCCCCC/C=C\CCCCCCCC. The summed E-state index contributed by atoms with van der Waals surface area (Å²) in [5, 5.41) is 0. The third-order valence-electron chi connectivity index (χ3n) is 12.9. The molecule has 0 spiro atoms. The first-order valence-corrected chi connectivity index (χ1v) is 28.8. The molecule has 0 radical (unpaired) electrons. The van der Waals surface area contributed by atoms with Crippen LogP contribution in [0.15, 0.2) is 24.3 Å². The maximum absolute atomic E-state index is 12.8. The van der Waals surface area contributed by atoms with Gasteiger partial charge in [0.1, 0.15) is 13.2 Å². The van der Waals surface area contributed by atoms with Gasteiger partial charge in [-0.2, -0.15) is 0 Å². The Hall–Kier alpha value is -2.11. The van der Waals surface area contributed by atoms with Gasteiger partial charge in [0.25, 0.3) is 0 Å². The summed E-state index contributed by atoms with van der Waals surface area (Å²) in [5.41, 5.74) is 0. The fraction of sp³-hybridized carbons (Fsp3) is 0.881. The molecule has 0 heterocycles. The standard InChI is InChI=1S/C59H110O6/c1-4-7-10-13-16-19-22-24-26-27-28-29-30-31-33-35-38-41-44-47-50-53-59(62)65-56(54-63-57(60)51-48-45-42-39-36-21-18-15-12-9-6-3)55-64-58(61)52-49-46-43-40-37-34-32-25-23-20-17-14-11-8-5-2/h20,23-24,26,56H,4-19,21-22,25,27-55H2,1-3H3/b23-20-,26-24-/t56-/m0/s1. The maximum atomic E-state index is 12.8. The van der Waals surface area contributed by atoms with Crippen LogP contribution in [0.2, 0.25) is 0 Å². The van der Waals surface area contributed by atoms with Gasteiger partial charge in [-0.05, 0) is 70.6 Å². The van der Waals surface area contributed by atoms with Gasteiger partial charge in [0, 0.05) is 19.3 Å². The highest BCUT2D eigenvalue weighted by Gasteiger charge is 2.19. The minimum Gasteiger partial charge on any atom is -0.462 e. The Morgan fingerprint density at radius 2 is 0.508 bits per heavy atom. The van der Waals surface area contributed by atoms with Crippen LogP contribution in [0.3, 0.4) is 0 Å². The van der Waals surface area contributed by atoms with Crippen LogP contribution < -0.4 is 0 Å². The molecule has 0 rings (SSSR count). The molecule has 382 valence electrons. The number of carbonyl (C=O) groups is 3. The summed E-state index contributed by atoms with van der Waals surface area (Å²) in [5.74, 6) is -0.856. The van der Waals surface area contributed by atoms with Crippen molar-refractivity contribution in [2.45, 2.75) is 322 Å². The molecule has 0 aromatic heterocycles. The molecule has 0 amide bonds. The monoisotopic (exact) mass is 915 g/mol. The second-order valence-electron chi connectivity index (χ2n) is 19.6. The first-order chi connectivity index (χ1) is 32.0. The van der Waals surface area contributed by atoms with E-state index in [0.717, 1.165) is 57.8 Å². The molecule has 0 aromatic rings. The van der Waals surface area contributed by atoms with Crippen LogP contribution in [0.1, 0.15) is 316 Å². The van der Waals surface area contributed by atoms with Crippen LogP contribution in [-0.2, 0) is 28.6 Å². The summed E-state index contributed by atoms with van der Waals surface area (Å²) in [6, 6.07) is 0. The molecule has 6 heteroatoms. The highest BCUT2D eigenvalue weighted by Crippen LogP contribution is 2.16. The van der Waals surface area contributed by atoms with Crippen LogP contribution in [0.25, 0.3) is 0 Å². The summed E-state index contributed by atoms with van der Waals surface area (Å²) in [6.07, 6.45) is 63.1. The number of hydrogen-bond acceptors (Lipinski definition) is 6. The number of unbranched alkanes of at least 4 members (excludes halogenated alkanes) is 38. The average Bonchev–Trinajstić information content (AvgIpc) is 3.30. The molecule has 0 aliphatic heterocycles. The number of hydrogen-bond donors (Lipinski definition) is 0. The molecule has 0 saturated heterocycles. The van der Waals surface area contributed by atoms with E-state index in [0.29, 0.717) is 19.3 Å². The zero-order valence-corrected chi connectivity index (χ0v) is 43.8. The lowest BCUT2D eigenvalue weighted by atomic mass is 10.0. The van der Waals surface area contributed by atoms with Crippen molar-refractivity contribution in [2.24, 2.45) is 0 Å². The number of rotatable bonds is 53. The van der Waals surface area contributed by atoms with Gasteiger partial charge in [-0.15, -0.1) is 0 Å². The predicted octanol–water partition coefficient (Wildman–Crippen LogP) is 19.1. The Balaban J connectivity index is 4.27. The lowest BCUT2D eigenvalue weighted by Crippen LogP contribution is -2.30. The second kappa shape index (κ2) is 54.5. The number of allylic oxidation sites excluding steroid dienone is 4. The molecule has 0 aliphatic rings. The van der Waals surface area contributed by atoms with E-state index in [1.807, 2.05) is 0 Å². The molecule has 0 N–H and O–H groups in total. The van der Waals surface area contributed by atoms with Gasteiger partial charge < -0.3 is 14.2 Å². The zero-order chi connectivity index (χ0) is 47.2. The van der Waals surface area contributed by atoms with Crippen molar-refractivity contribution in [2.75, 3.05) is 13.2 Å². The summed E-state index contributed by atoms with van der Waals surface area (Å²) >= 11 is 0. The number of carbonyl (C=O) groups excluding carboxylic acids is 3. The molecule has 0 saturated carbocycles. The Morgan fingerprint density at radius 1 is 0.292 bits per heavy atom. The van der Waals surface area contributed by atoms with Crippen molar-refractivity contribution in [1.82, 2.24) is 0 Å². The Kier molecular flexibility index (Phi) is 52.7. The van der Waals surface area contributed by atoms with Crippen molar-refractivity contribution in [3.8, 4) is 0 Å². The van der Waals surface area contributed by atoms with E-state index in [-0.39, 0.29) is 31.1 Å². The van der Waals surface area contributed by atoms with Crippen LogP contribution in [0, 0.1) is 0 Å². The minimum atomic E-state index is -0.769. The van der Waals surface area contributed by atoms with Gasteiger partial charge in [-0.1, -0.05) is 251 Å². The molecule has 1 atom stereocenters. The number of esters is 3. The summed E-state index contributed by atoms with van der Waals surface area (Å²) < 4.78 is 16.9. The fourth-order valence-electron chi connectivity index (χ4n) is 8.55. The smallest absolute Gasteiger partial charge is 0.306 e. The zero-order valence-electron chi connectivity index (χ0n) is 43.8. The van der Waals surface area contributed by atoms with Gasteiger partial charge in [0.2, 0.25) is 0 Å². The molecular weight excluding hydrogens is 805 g/mol. The fourth-order valence-corrected chi connectivity index (χ4v) is 8.55. The molecule has 0 fully saturated rings. The predicted molar refractivity (Wildman–Crippen MR) is 279 cm³/mol. The van der Waals surface area contributed by atoms with E-state index < -0.39 is 6.10 Å². The Bertz CT molecular complexity index is 1050. The molecule has 0 unspecified atom stereocenters. The quantitative estimate of drug-likeness (QED) is 0.0262.